The molecule has 0 bridgehead atoms. The lowest BCUT2D eigenvalue weighted by atomic mass is 9.98. The highest BCUT2D eigenvalue weighted by atomic mass is 15.4. The van der Waals surface area contributed by atoms with Crippen molar-refractivity contribution < 1.29 is 0 Å². The van der Waals surface area contributed by atoms with E-state index in [9.17, 15) is 0 Å². The molecule has 0 aromatic carbocycles. The molecule has 0 aliphatic carbocycles. The first kappa shape index (κ1) is 9.65. The Kier molecular flexibility index (Phi) is 2.54. The van der Waals surface area contributed by atoms with Gasteiger partial charge < -0.3 is 5.32 Å². The smallest absolute Gasteiger partial charge is 0.147 e. The Bertz CT molecular complexity index is 318. The third kappa shape index (κ3) is 1.80. The van der Waals surface area contributed by atoms with E-state index in [1.807, 2.05) is 13.8 Å². The van der Waals surface area contributed by atoms with Crippen molar-refractivity contribution in [3.05, 3.63) is 11.6 Å². The molecule has 4 nitrogen and oxygen atoms in total. The molecule has 0 radical (unpaired) electrons. The fourth-order valence-electron chi connectivity index (χ4n) is 2.20. The Morgan fingerprint density at radius 1 is 1.36 bits per heavy atom. The van der Waals surface area contributed by atoms with Crippen molar-refractivity contribution in [2.24, 2.45) is 5.92 Å². The lowest BCUT2D eigenvalue weighted by molar-refractivity contribution is 0.280. The largest absolute Gasteiger partial charge is 0.314 e. The quantitative estimate of drug-likeness (QED) is 0.727. The summed E-state index contributed by atoms with van der Waals surface area (Å²) in [5, 5.41) is 7.86. The highest BCUT2D eigenvalue weighted by Crippen LogP contribution is 2.20. The number of piperidine rings is 1. The van der Waals surface area contributed by atoms with Gasteiger partial charge in [-0.3, -0.25) is 0 Å². The van der Waals surface area contributed by atoms with Crippen LogP contribution in [0.1, 0.15) is 31.0 Å². The van der Waals surface area contributed by atoms with Crippen LogP contribution >= 0.6 is 0 Å². The van der Waals surface area contributed by atoms with Gasteiger partial charge in [0.2, 0.25) is 0 Å². The maximum absolute atomic E-state index is 4.43. The van der Waals surface area contributed by atoms with Gasteiger partial charge >= 0.3 is 0 Å². The van der Waals surface area contributed by atoms with Gasteiger partial charge in [-0.1, -0.05) is 6.92 Å². The van der Waals surface area contributed by atoms with Crippen molar-refractivity contribution >= 4 is 0 Å². The molecule has 1 fully saturated rings. The Labute approximate surface area is 84.7 Å². The zero-order valence-corrected chi connectivity index (χ0v) is 9.12. The SMILES string of the molecule is Cc1nc(C)n(C2CNCC(C)C2)n1. The average molecular weight is 194 g/mol. The highest BCUT2D eigenvalue weighted by Gasteiger charge is 2.22. The van der Waals surface area contributed by atoms with Gasteiger partial charge in [-0.2, -0.15) is 5.10 Å². The molecule has 2 heterocycles. The van der Waals surface area contributed by atoms with Crippen molar-refractivity contribution in [3.8, 4) is 0 Å². The van der Waals surface area contributed by atoms with Gasteiger partial charge in [-0.05, 0) is 32.7 Å². The summed E-state index contributed by atoms with van der Waals surface area (Å²) < 4.78 is 2.07. The predicted octanol–water partition coefficient (Wildman–Crippen LogP) is 1.07. The van der Waals surface area contributed by atoms with Crippen LogP contribution in [0.4, 0.5) is 0 Å². The number of hydrogen-bond donors (Lipinski definition) is 1. The van der Waals surface area contributed by atoms with Crippen LogP contribution < -0.4 is 5.32 Å². The van der Waals surface area contributed by atoms with Crippen molar-refractivity contribution in [1.82, 2.24) is 20.1 Å². The van der Waals surface area contributed by atoms with E-state index in [-0.39, 0.29) is 0 Å². The minimum Gasteiger partial charge on any atom is -0.314 e. The van der Waals surface area contributed by atoms with Gasteiger partial charge in [0.25, 0.3) is 0 Å². The molecule has 0 saturated carbocycles. The molecule has 1 saturated heterocycles. The summed E-state index contributed by atoms with van der Waals surface area (Å²) in [5.41, 5.74) is 0. The van der Waals surface area contributed by atoms with E-state index in [0.29, 0.717) is 6.04 Å². The summed E-state index contributed by atoms with van der Waals surface area (Å²) in [6.45, 7) is 8.40. The van der Waals surface area contributed by atoms with Gasteiger partial charge in [0.1, 0.15) is 11.6 Å². The van der Waals surface area contributed by atoms with Crippen LogP contribution in [0.15, 0.2) is 0 Å². The zero-order valence-electron chi connectivity index (χ0n) is 9.12. The standard InChI is InChI=1S/C10H18N4/c1-7-4-10(6-11-5-7)14-9(3)12-8(2)13-14/h7,10-11H,4-6H2,1-3H3. The Morgan fingerprint density at radius 2 is 2.14 bits per heavy atom. The molecule has 2 atom stereocenters. The summed E-state index contributed by atoms with van der Waals surface area (Å²) >= 11 is 0. The second-order valence-corrected chi connectivity index (χ2v) is 4.30. The first-order chi connectivity index (χ1) is 6.66. The molecule has 1 aromatic heterocycles. The maximum atomic E-state index is 4.43. The molecule has 0 spiro atoms. The Balaban J connectivity index is 2.17. The van der Waals surface area contributed by atoms with E-state index in [2.05, 4.69) is 27.0 Å². The van der Waals surface area contributed by atoms with Gasteiger partial charge in [0.05, 0.1) is 6.04 Å². The van der Waals surface area contributed by atoms with Crippen LogP contribution in [-0.4, -0.2) is 27.9 Å². The van der Waals surface area contributed by atoms with Crippen LogP contribution in [-0.2, 0) is 0 Å². The second kappa shape index (κ2) is 3.69. The minimum atomic E-state index is 0.486. The lowest BCUT2D eigenvalue weighted by Crippen LogP contribution is -2.37. The summed E-state index contributed by atoms with van der Waals surface area (Å²) in [4.78, 5) is 4.34. The molecular weight excluding hydrogens is 176 g/mol. The van der Waals surface area contributed by atoms with Gasteiger partial charge in [-0.25, -0.2) is 9.67 Å². The maximum Gasteiger partial charge on any atom is 0.147 e. The van der Waals surface area contributed by atoms with Crippen LogP contribution in [0.5, 0.6) is 0 Å². The van der Waals surface area contributed by atoms with Gasteiger partial charge in [0.15, 0.2) is 0 Å². The van der Waals surface area contributed by atoms with Crippen molar-refractivity contribution in [3.63, 3.8) is 0 Å². The summed E-state index contributed by atoms with van der Waals surface area (Å²) in [5.74, 6) is 2.64. The third-order valence-electron chi connectivity index (χ3n) is 2.80. The van der Waals surface area contributed by atoms with E-state index in [1.165, 1.54) is 6.42 Å². The summed E-state index contributed by atoms with van der Waals surface area (Å²) in [6.07, 6.45) is 1.20. The third-order valence-corrected chi connectivity index (χ3v) is 2.80. The number of nitrogens with one attached hydrogen (secondary N) is 1. The fraction of sp³-hybridized carbons (Fsp3) is 0.800. The predicted molar refractivity (Wildman–Crippen MR) is 55.2 cm³/mol. The number of hydrogen-bond acceptors (Lipinski definition) is 3. The monoisotopic (exact) mass is 194 g/mol. The summed E-state index contributed by atoms with van der Waals surface area (Å²) in [6, 6.07) is 0.486. The number of aromatic nitrogens is 3. The van der Waals surface area contributed by atoms with Crippen LogP contribution in [0, 0.1) is 19.8 Å². The number of aryl methyl sites for hydroxylation is 2. The molecule has 1 N–H and O–H groups in total. The number of rotatable bonds is 1. The molecule has 0 amide bonds. The van der Waals surface area contributed by atoms with E-state index in [4.69, 9.17) is 0 Å². The van der Waals surface area contributed by atoms with E-state index >= 15 is 0 Å². The van der Waals surface area contributed by atoms with Crippen molar-refractivity contribution in [2.75, 3.05) is 13.1 Å². The van der Waals surface area contributed by atoms with E-state index < -0.39 is 0 Å². The normalized spacial score (nSPS) is 27.9. The van der Waals surface area contributed by atoms with Crippen LogP contribution in [0.2, 0.25) is 0 Å². The fourth-order valence-corrected chi connectivity index (χ4v) is 2.20. The molecule has 1 aliphatic heterocycles. The molecule has 1 aromatic rings. The van der Waals surface area contributed by atoms with E-state index in [0.717, 1.165) is 30.7 Å². The molecular formula is C10H18N4. The zero-order chi connectivity index (χ0) is 10.1. The first-order valence-electron chi connectivity index (χ1n) is 5.27. The van der Waals surface area contributed by atoms with Gasteiger partial charge in [0, 0.05) is 6.54 Å². The van der Waals surface area contributed by atoms with Crippen LogP contribution in [0.25, 0.3) is 0 Å². The van der Waals surface area contributed by atoms with Crippen LogP contribution in [0.3, 0.4) is 0 Å². The number of nitrogens with zero attached hydrogens (tertiary/aromatic N) is 3. The van der Waals surface area contributed by atoms with Crippen molar-refractivity contribution in [1.29, 1.82) is 0 Å². The minimum absolute atomic E-state index is 0.486. The molecule has 14 heavy (non-hydrogen) atoms. The topological polar surface area (TPSA) is 42.7 Å². The average Bonchev–Trinajstić information content (AvgIpc) is 2.45. The lowest BCUT2D eigenvalue weighted by Gasteiger charge is -2.28. The molecule has 2 rings (SSSR count). The molecule has 78 valence electrons. The highest BCUT2D eigenvalue weighted by molar-refractivity contribution is 4.92. The van der Waals surface area contributed by atoms with Gasteiger partial charge in [-0.15, -0.1) is 0 Å². The van der Waals surface area contributed by atoms with E-state index in [1.54, 1.807) is 0 Å². The second-order valence-electron chi connectivity index (χ2n) is 4.30. The first-order valence-corrected chi connectivity index (χ1v) is 5.27. The molecule has 1 aliphatic rings. The Morgan fingerprint density at radius 3 is 2.71 bits per heavy atom. The Hall–Kier alpha value is -0.900. The molecule has 2 unspecified atom stereocenters. The summed E-state index contributed by atoms with van der Waals surface area (Å²) in [7, 11) is 0. The van der Waals surface area contributed by atoms with Crippen molar-refractivity contribution in [2.45, 2.75) is 33.2 Å². The molecule has 4 heteroatoms.